The lowest BCUT2D eigenvalue weighted by Crippen LogP contribution is -2.26. The Bertz CT molecular complexity index is 1200. The van der Waals surface area contributed by atoms with Crippen LogP contribution >= 0.6 is 0 Å². The molecule has 0 radical (unpaired) electrons. The molecule has 2 heterocycles. The third-order valence-corrected chi connectivity index (χ3v) is 4.83. The zero-order valence-electron chi connectivity index (χ0n) is 17.0. The zero-order chi connectivity index (χ0) is 20.9. The van der Waals surface area contributed by atoms with Crippen LogP contribution in [0.5, 0.6) is 5.75 Å². The van der Waals surface area contributed by atoms with Crippen molar-refractivity contribution in [1.82, 2.24) is 19.5 Å². The molecule has 2 aromatic heterocycles. The van der Waals surface area contributed by atoms with Crippen molar-refractivity contribution in [2.24, 2.45) is 0 Å². The van der Waals surface area contributed by atoms with Gasteiger partial charge in [0.15, 0.2) is 5.65 Å². The second kappa shape index (κ2) is 8.73. The molecule has 0 aliphatic heterocycles. The number of fused-ring (bicyclic) bond motifs is 1. The van der Waals surface area contributed by atoms with Gasteiger partial charge in [-0.25, -0.2) is 9.97 Å². The van der Waals surface area contributed by atoms with Gasteiger partial charge < -0.3 is 10.1 Å². The maximum Gasteiger partial charge on any atom is 0.278 e. The molecule has 7 heteroatoms. The summed E-state index contributed by atoms with van der Waals surface area (Å²) in [5.41, 5.74) is 3.23. The highest BCUT2D eigenvalue weighted by molar-refractivity contribution is 5.73. The molecule has 0 bridgehead atoms. The number of benzene rings is 2. The first-order valence-electron chi connectivity index (χ1n) is 9.90. The monoisotopic (exact) mass is 401 g/mol. The smallest absolute Gasteiger partial charge is 0.278 e. The van der Waals surface area contributed by atoms with Crippen LogP contribution in [0.3, 0.4) is 0 Å². The molecule has 30 heavy (non-hydrogen) atoms. The van der Waals surface area contributed by atoms with Crippen molar-refractivity contribution in [3.05, 3.63) is 82.4 Å². The van der Waals surface area contributed by atoms with E-state index in [0.717, 1.165) is 17.7 Å². The minimum Gasteiger partial charge on any atom is -0.497 e. The highest BCUT2D eigenvalue weighted by atomic mass is 16.5. The largest absolute Gasteiger partial charge is 0.497 e. The van der Waals surface area contributed by atoms with E-state index >= 15 is 0 Å². The van der Waals surface area contributed by atoms with E-state index in [1.807, 2.05) is 49.4 Å². The lowest BCUT2D eigenvalue weighted by atomic mass is 10.1. The number of hydrogen-bond donors (Lipinski definition) is 1. The average Bonchev–Trinajstić information content (AvgIpc) is 2.79. The molecule has 4 rings (SSSR count). The van der Waals surface area contributed by atoms with Crippen LogP contribution < -0.4 is 15.6 Å². The van der Waals surface area contributed by atoms with Gasteiger partial charge in [0.05, 0.1) is 19.0 Å². The third-order valence-electron chi connectivity index (χ3n) is 4.83. The molecule has 152 valence electrons. The molecule has 0 amide bonds. The zero-order valence-corrected chi connectivity index (χ0v) is 17.0. The second-order valence-corrected chi connectivity index (χ2v) is 6.82. The molecule has 0 atom stereocenters. The average molecular weight is 401 g/mol. The first-order chi connectivity index (χ1) is 14.7. The van der Waals surface area contributed by atoms with E-state index in [1.54, 1.807) is 17.9 Å². The molecule has 7 nitrogen and oxygen atoms in total. The molecule has 0 aliphatic carbocycles. The van der Waals surface area contributed by atoms with Crippen molar-refractivity contribution < 1.29 is 4.74 Å². The van der Waals surface area contributed by atoms with Crippen molar-refractivity contribution in [3.63, 3.8) is 0 Å². The molecular formula is C23H23N5O2. The van der Waals surface area contributed by atoms with Crippen LogP contribution in [0.25, 0.3) is 16.9 Å². The van der Waals surface area contributed by atoms with E-state index in [1.165, 1.54) is 0 Å². The van der Waals surface area contributed by atoms with E-state index in [4.69, 9.17) is 4.74 Å². The van der Waals surface area contributed by atoms with E-state index < -0.39 is 0 Å². The first-order valence-corrected chi connectivity index (χ1v) is 9.90. The molecule has 4 aromatic rings. The molecule has 0 fully saturated rings. The van der Waals surface area contributed by atoms with E-state index in [0.29, 0.717) is 41.5 Å². The van der Waals surface area contributed by atoms with E-state index in [-0.39, 0.29) is 5.56 Å². The fourth-order valence-corrected chi connectivity index (χ4v) is 3.31. The van der Waals surface area contributed by atoms with Gasteiger partial charge in [0, 0.05) is 6.54 Å². The van der Waals surface area contributed by atoms with E-state index in [9.17, 15) is 4.79 Å². The Hall–Kier alpha value is -3.74. The van der Waals surface area contributed by atoms with Crippen molar-refractivity contribution >= 4 is 17.1 Å². The van der Waals surface area contributed by atoms with Crippen molar-refractivity contribution in [1.29, 1.82) is 0 Å². The molecule has 0 saturated heterocycles. The van der Waals surface area contributed by atoms with Crippen LogP contribution in [-0.2, 0) is 12.8 Å². The second-order valence-electron chi connectivity index (χ2n) is 6.82. The summed E-state index contributed by atoms with van der Waals surface area (Å²) in [5, 5.41) is 3.09. The predicted octanol–water partition coefficient (Wildman–Crippen LogP) is 3.40. The first kappa shape index (κ1) is 19.6. The van der Waals surface area contributed by atoms with Gasteiger partial charge in [-0.05, 0) is 49.6 Å². The number of aryl methyl sites for hydroxylation is 2. The van der Waals surface area contributed by atoms with Gasteiger partial charge in [0.2, 0.25) is 5.95 Å². The van der Waals surface area contributed by atoms with Crippen molar-refractivity contribution in [3.8, 4) is 11.4 Å². The topological polar surface area (TPSA) is 81.9 Å². The lowest BCUT2D eigenvalue weighted by Gasteiger charge is -2.13. The number of aromatic nitrogens is 4. The standard InChI is InChI=1S/C23H23N5O2/c1-3-24-23-25-15-20-21(27-23)28(17-10-12-18(30-2)13-11-17)22(29)19(26-20)14-9-16-7-5-4-6-8-16/h4-8,10-13,15H,3,9,14H2,1-2H3,(H,24,25,27). The van der Waals surface area contributed by atoms with Crippen LogP contribution in [0.2, 0.25) is 0 Å². The minimum atomic E-state index is -0.176. The van der Waals surface area contributed by atoms with Crippen molar-refractivity contribution in [2.75, 3.05) is 19.0 Å². The van der Waals surface area contributed by atoms with Crippen LogP contribution in [-0.4, -0.2) is 33.2 Å². The maximum atomic E-state index is 13.4. The van der Waals surface area contributed by atoms with Crippen molar-refractivity contribution in [2.45, 2.75) is 19.8 Å². The van der Waals surface area contributed by atoms with Crippen LogP contribution in [0.4, 0.5) is 5.95 Å². The maximum absolute atomic E-state index is 13.4. The number of methoxy groups -OCH3 is 1. The van der Waals surface area contributed by atoms with Crippen LogP contribution in [0.1, 0.15) is 18.2 Å². The normalized spacial score (nSPS) is 10.9. The Kier molecular flexibility index (Phi) is 5.70. The predicted molar refractivity (Wildman–Crippen MR) is 117 cm³/mol. The van der Waals surface area contributed by atoms with Gasteiger partial charge in [0.25, 0.3) is 5.56 Å². The highest BCUT2D eigenvalue weighted by Crippen LogP contribution is 2.18. The van der Waals surface area contributed by atoms with Gasteiger partial charge in [-0.3, -0.25) is 9.36 Å². The summed E-state index contributed by atoms with van der Waals surface area (Å²) < 4.78 is 6.85. The lowest BCUT2D eigenvalue weighted by molar-refractivity contribution is 0.414. The number of ether oxygens (including phenoxy) is 1. The summed E-state index contributed by atoms with van der Waals surface area (Å²) >= 11 is 0. The van der Waals surface area contributed by atoms with E-state index in [2.05, 4.69) is 32.4 Å². The molecule has 0 saturated carbocycles. The molecule has 2 aromatic carbocycles. The fraction of sp³-hybridized carbons (Fsp3) is 0.217. The van der Waals surface area contributed by atoms with Gasteiger partial charge in [0.1, 0.15) is 17.0 Å². The number of rotatable bonds is 7. The third kappa shape index (κ3) is 4.00. The number of hydrogen-bond acceptors (Lipinski definition) is 6. The SMILES string of the molecule is CCNc1ncc2nc(CCc3ccccc3)c(=O)n(-c3ccc(OC)cc3)c2n1. The Labute approximate surface area is 174 Å². The minimum absolute atomic E-state index is 0.176. The summed E-state index contributed by atoms with van der Waals surface area (Å²) in [6.45, 7) is 2.65. The number of anilines is 1. The quantitative estimate of drug-likeness (QED) is 0.511. The Morgan fingerprint density at radius 3 is 2.47 bits per heavy atom. The summed E-state index contributed by atoms with van der Waals surface area (Å²) in [7, 11) is 1.61. The van der Waals surface area contributed by atoms with Gasteiger partial charge in [-0.1, -0.05) is 30.3 Å². The summed E-state index contributed by atoms with van der Waals surface area (Å²) in [6, 6.07) is 17.4. The molecule has 0 aliphatic rings. The fourth-order valence-electron chi connectivity index (χ4n) is 3.31. The molecule has 0 unspecified atom stereocenters. The van der Waals surface area contributed by atoms with Gasteiger partial charge in [-0.15, -0.1) is 0 Å². The molecule has 1 N–H and O–H groups in total. The summed E-state index contributed by atoms with van der Waals surface area (Å²) in [5.74, 6) is 1.18. The number of nitrogens with one attached hydrogen (secondary N) is 1. The van der Waals surface area contributed by atoms with Gasteiger partial charge in [-0.2, -0.15) is 4.98 Å². The summed E-state index contributed by atoms with van der Waals surface area (Å²) in [6.07, 6.45) is 2.92. The van der Waals surface area contributed by atoms with Gasteiger partial charge >= 0.3 is 0 Å². The number of nitrogens with zero attached hydrogens (tertiary/aromatic N) is 4. The molecular weight excluding hydrogens is 378 g/mol. The van der Waals surface area contributed by atoms with Crippen LogP contribution in [0.15, 0.2) is 65.6 Å². The summed E-state index contributed by atoms with van der Waals surface area (Å²) in [4.78, 5) is 26.9. The Morgan fingerprint density at radius 1 is 1.00 bits per heavy atom. The molecule has 0 spiro atoms. The highest BCUT2D eigenvalue weighted by Gasteiger charge is 2.15. The Balaban J connectivity index is 1.84. The van der Waals surface area contributed by atoms with Crippen LogP contribution in [0, 0.1) is 0 Å². The Morgan fingerprint density at radius 2 is 1.77 bits per heavy atom.